The van der Waals surface area contributed by atoms with Crippen molar-refractivity contribution in [1.29, 1.82) is 0 Å². The summed E-state index contributed by atoms with van der Waals surface area (Å²) < 4.78 is 42.1. The molecule has 0 bridgehead atoms. The summed E-state index contributed by atoms with van der Waals surface area (Å²) in [7, 11) is -1.03. The van der Waals surface area contributed by atoms with Crippen molar-refractivity contribution in [2.45, 2.75) is 31.2 Å². The Labute approximate surface area is 213 Å². The molecular weight excluding hydrogens is 508 g/mol. The Morgan fingerprint density at radius 1 is 1.17 bits per heavy atom. The van der Waals surface area contributed by atoms with E-state index in [1.807, 2.05) is 0 Å². The van der Waals surface area contributed by atoms with E-state index in [1.54, 1.807) is 50.5 Å². The van der Waals surface area contributed by atoms with Crippen molar-refractivity contribution in [2.24, 2.45) is 4.99 Å². The fourth-order valence-corrected chi connectivity index (χ4v) is 4.98. The molecule has 190 valence electrons. The van der Waals surface area contributed by atoms with Gasteiger partial charge in [0.2, 0.25) is 21.9 Å². The third kappa shape index (κ3) is 5.03. The highest BCUT2D eigenvalue weighted by atomic mass is 35.5. The number of aromatic nitrogens is 5. The van der Waals surface area contributed by atoms with Gasteiger partial charge in [-0.3, -0.25) is 19.3 Å². The Morgan fingerprint density at radius 3 is 2.61 bits per heavy atom. The second-order valence-corrected chi connectivity index (χ2v) is 10.4. The average molecular weight is 533 g/mol. The Kier molecular flexibility index (Phi) is 7.52. The summed E-state index contributed by atoms with van der Waals surface area (Å²) in [4.78, 5) is 12.7. The molecule has 0 fully saturated rings. The number of halogens is 1. The first-order chi connectivity index (χ1) is 17.3. The lowest BCUT2D eigenvalue weighted by Gasteiger charge is -2.26. The van der Waals surface area contributed by atoms with E-state index < -0.39 is 27.4 Å². The maximum atomic E-state index is 13.5. The average Bonchev–Trinajstić information content (AvgIpc) is 3.30. The molecule has 0 aliphatic carbocycles. The van der Waals surface area contributed by atoms with Gasteiger partial charge in [-0.05, 0) is 31.2 Å². The summed E-state index contributed by atoms with van der Waals surface area (Å²) in [6, 6.07) is 6.88. The second-order valence-electron chi connectivity index (χ2n) is 7.90. The monoisotopic (exact) mass is 532 g/mol. The maximum Gasteiger partial charge on any atom is 0.243 e. The van der Waals surface area contributed by atoms with E-state index in [-0.39, 0.29) is 11.8 Å². The zero-order chi connectivity index (χ0) is 25.9. The molecule has 3 atom stereocenters. The van der Waals surface area contributed by atoms with Crippen LogP contribution in [0.15, 0.2) is 53.7 Å². The SMILES string of the molecule is COC1=C(n2c(NS(=O)(=O)[C@@H](C)[C@H](C)c3ccc(Cl)cn3)nnc2-c2cccnc2)C(OC)N=CN1. The zero-order valence-corrected chi connectivity index (χ0v) is 21.5. The minimum absolute atomic E-state index is 0.0672. The Hall–Kier alpha value is -3.55. The van der Waals surface area contributed by atoms with Gasteiger partial charge in [-0.1, -0.05) is 18.5 Å². The quantitative estimate of drug-likeness (QED) is 0.424. The number of nitrogens with one attached hydrogen (secondary N) is 2. The van der Waals surface area contributed by atoms with Crippen molar-refractivity contribution in [1.82, 2.24) is 30.0 Å². The van der Waals surface area contributed by atoms with Gasteiger partial charge in [0.1, 0.15) is 5.70 Å². The molecule has 12 nitrogen and oxygen atoms in total. The van der Waals surface area contributed by atoms with Crippen molar-refractivity contribution in [3.05, 3.63) is 59.5 Å². The molecule has 1 unspecified atom stereocenters. The molecule has 14 heteroatoms. The summed E-state index contributed by atoms with van der Waals surface area (Å²) in [6.07, 6.45) is 5.29. The van der Waals surface area contributed by atoms with Crippen LogP contribution in [-0.2, 0) is 19.5 Å². The van der Waals surface area contributed by atoms with Crippen LogP contribution in [0, 0.1) is 0 Å². The molecule has 0 amide bonds. The summed E-state index contributed by atoms with van der Waals surface area (Å²) in [5.74, 6) is 0.0817. The Bertz CT molecular complexity index is 1380. The molecule has 1 aliphatic heterocycles. The van der Waals surface area contributed by atoms with Crippen LogP contribution in [0.2, 0.25) is 5.02 Å². The standard InChI is InChI=1S/C22H25ClN8O4S/c1-13(17-8-7-16(23)11-25-17)14(2)36(32,33)30-22-29-28-19(15-6-5-9-24-10-15)31(22)18-20(34-3)26-12-27-21(18)35-4/h5-14,20H,1-4H3,(H,26,27)(H,29,30)/t13-,14-,20?/m0/s1. The van der Waals surface area contributed by atoms with Crippen LogP contribution in [0.5, 0.6) is 0 Å². The highest BCUT2D eigenvalue weighted by Gasteiger charge is 2.34. The molecule has 0 radical (unpaired) electrons. The summed E-state index contributed by atoms with van der Waals surface area (Å²) >= 11 is 5.93. The predicted octanol–water partition coefficient (Wildman–Crippen LogP) is 2.70. The highest BCUT2D eigenvalue weighted by molar-refractivity contribution is 7.93. The van der Waals surface area contributed by atoms with Gasteiger partial charge in [0.05, 0.1) is 23.7 Å². The third-order valence-electron chi connectivity index (χ3n) is 5.77. The molecule has 1 aliphatic rings. The third-order valence-corrected chi connectivity index (χ3v) is 7.84. The van der Waals surface area contributed by atoms with Crippen molar-refractivity contribution in [3.8, 4) is 11.4 Å². The predicted molar refractivity (Wildman–Crippen MR) is 136 cm³/mol. The maximum absolute atomic E-state index is 13.5. The lowest BCUT2D eigenvalue weighted by atomic mass is 10.0. The van der Waals surface area contributed by atoms with Crippen molar-refractivity contribution in [2.75, 3.05) is 18.9 Å². The van der Waals surface area contributed by atoms with E-state index in [9.17, 15) is 8.42 Å². The van der Waals surface area contributed by atoms with E-state index in [2.05, 4.69) is 35.2 Å². The fraction of sp³-hybridized carbons (Fsp3) is 0.318. The van der Waals surface area contributed by atoms with Gasteiger partial charge in [-0.2, -0.15) is 0 Å². The van der Waals surface area contributed by atoms with E-state index in [1.165, 1.54) is 31.3 Å². The molecule has 0 spiro atoms. The van der Waals surface area contributed by atoms with Gasteiger partial charge in [0.25, 0.3) is 0 Å². The zero-order valence-electron chi connectivity index (χ0n) is 20.0. The van der Waals surface area contributed by atoms with E-state index >= 15 is 0 Å². The summed E-state index contributed by atoms with van der Waals surface area (Å²) in [5.41, 5.74) is 1.53. The van der Waals surface area contributed by atoms with Crippen LogP contribution in [0.25, 0.3) is 17.1 Å². The number of ether oxygens (including phenoxy) is 2. The smallest absolute Gasteiger partial charge is 0.243 e. The number of anilines is 1. The van der Waals surface area contributed by atoms with Crippen LogP contribution < -0.4 is 10.0 Å². The lowest BCUT2D eigenvalue weighted by Crippen LogP contribution is -2.33. The van der Waals surface area contributed by atoms with Crippen LogP contribution >= 0.6 is 11.6 Å². The molecule has 0 saturated heterocycles. The number of hydrogen-bond acceptors (Lipinski definition) is 10. The first-order valence-electron chi connectivity index (χ1n) is 10.8. The number of pyridine rings is 2. The normalized spacial score (nSPS) is 17.4. The lowest BCUT2D eigenvalue weighted by molar-refractivity contribution is 0.143. The van der Waals surface area contributed by atoms with Gasteiger partial charge < -0.3 is 14.8 Å². The molecule has 2 N–H and O–H groups in total. The van der Waals surface area contributed by atoms with Gasteiger partial charge >= 0.3 is 0 Å². The molecule has 3 aromatic rings. The second kappa shape index (κ2) is 10.6. The number of sulfonamides is 1. The van der Waals surface area contributed by atoms with Gasteiger partial charge in [0.15, 0.2) is 12.1 Å². The molecule has 36 heavy (non-hydrogen) atoms. The van der Waals surface area contributed by atoms with Crippen molar-refractivity contribution >= 4 is 39.6 Å². The molecule has 3 aromatic heterocycles. The minimum Gasteiger partial charge on any atom is -0.481 e. The van der Waals surface area contributed by atoms with Crippen LogP contribution in [-0.4, -0.2) is 65.2 Å². The number of hydrogen-bond donors (Lipinski definition) is 2. The van der Waals surface area contributed by atoms with E-state index in [0.717, 1.165) is 0 Å². The Morgan fingerprint density at radius 2 is 1.97 bits per heavy atom. The summed E-state index contributed by atoms with van der Waals surface area (Å²) in [5, 5.41) is 10.9. The number of nitrogens with zero attached hydrogens (tertiary/aromatic N) is 6. The van der Waals surface area contributed by atoms with Crippen LogP contribution in [0.4, 0.5) is 5.95 Å². The van der Waals surface area contributed by atoms with Gasteiger partial charge in [-0.15, -0.1) is 10.2 Å². The first kappa shape index (κ1) is 25.5. The van der Waals surface area contributed by atoms with E-state index in [0.29, 0.717) is 27.8 Å². The molecule has 0 aromatic carbocycles. The number of methoxy groups -OCH3 is 2. The first-order valence-corrected chi connectivity index (χ1v) is 12.8. The Balaban J connectivity index is 1.78. The molecule has 0 saturated carbocycles. The van der Waals surface area contributed by atoms with Gasteiger partial charge in [0, 0.05) is 42.9 Å². The highest BCUT2D eigenvalue weighted by Crippen LogP contribution is 2.32. The van der Waals surface area contributed by atoms with Crippen LogP contribution in [0.3, 0.4) is 0 Å². The molecule has 4 heterocycles. The number of aliphatic imine (C=N–C) groups is 1. The van der Waals surface area contributed by atoms with Crippen LogP contribution in [0.1, 0.15) is 25.5 Å². The van der Waals surface area contributed by atoms with Gasteiger partial charge in [-0.25, -0.2) is 13.4 Å². The minimum atomic E-state index is -3.97. The molecular formula is C22H25ClN8O4S. The largest absolute Gasteiger partial charge is 0.481 e. The summed E-state index contributed by atoms with van der Waals surface area (Å²) in [6.45, 7) is 3.37. The van der Waals surface area contributed by atoms with Crippen molar-refractivity contribution in [3.63, 3.8) is 0 Å². The van der Waals surface area contributed by atoms with Crippen molar-refractivity contribution < 1.29 is 17.9 Å². The number of rotatable bonds is 9. The fourth-order valence-electron chi connectivity index (χ4n) is 3.61. The van der Waals surface area contributed by atoms with E-state index in [4.69, 9.17) is 21.1 Å². The molecule has 4 rings (SSSR count). The topological polar surface area (TPSA) is 146 Å².